The average molecular weight is 609 g/mol. The van der Waals surface area contributed by atoms with Gasteiger partial charge in [0, 0.05) is 61.4 Å². The summed E-state index contributed by atoms with van der Waals surface area (Å²) in [5.41, 5.74) is 17.7. The van der Waals surface area contributed by atoms with Crippen molar-refractivity contribution in [1.82, 2.24) is 14.9 Å². The summed E-state index contributed by atoms with van der Waals surface area (Å²) in [6.07, 6.45) is 6.32. The molecule has 5 aromatic rings. The molecule has 46 heavy (non-hydrogen) atoms. The van der Waals surface area contributed by atoms with Gasteiger partial charge < -0.3 is 4.90 Å². The molecular formula is C42H48N4. The zero-order chi connectivity index (χ0) is 32.4. The highest BCUT2D eigenvalue weighted by Crippen LogP contribution is 2.29. The molecule has 1 fully saturated rings. The Morgan fingerprint density at radius 1 is 0.630 bits per heavy atom. The number of hydrogen-bond acceptors (Lipinski definition) is 4. The molecule has 6 rings (SSSR count). The second-order valence-electron chi connectivity index (χ2n) is 13.5. The van der Waals surface area contributed by atoms with Gasteiger partial charge in [-0.3, -0.25) is 14.9 Å². The van der Waals surface area contributed by atoms with E-state index >= 15 is 0 Å². The summed E-state index contributed by atoms with van der Waals surface area (Å²) in [6.45, 7) is 19.3. The summed E-state index contributed by atoms with van der Waals surface area (Å²) < 4.78 is 0. The monoisotopic (exact) mass is 608 g/mol. The van der Waals surface area contributed by atoms with Crippen molar-refractivity contribution >= 4 is 5.69 Å². The first-order valence-electron chi connectivity index (χ1n) is 16.8. The van der Waals surface area contributed by atoms with Crippen LogP contribution in [-0.4, -0.2) is 34.0 Å². The molecule has 0 atom stereocenters. The van der Waals surface area contributed by atoms with Gasteiger partial charge in [0.1, 0.15) is 0 Å². The van der Waals surface area contributed by atoms with E-state index in [4.69, 9.17) is 9.97 Å². The summed E-state index contributed by atoms with van der Waals surface area (Å²) in [6, 6.07) is 27.5. The number of likely N-dealkylation sites (tertiary alicyclic amines) is 1. The normalized spacial score (nSPS) is 14.1. The topological polar surface area (TPSA) is 32.3 Å². The smallest absolute Gasteiger partial charge is 0.0705 e. The van der Waals surface area contributed by atoms with Crippen LogP contribution in [0.3, 0.4) is 0 Å². The van der Waals surface area contributed by atoms with Gasteiger partial charge in [-0.2, -0.15) is 0 Å². The standard InChI is InChI=1S/C42H48N4/c1-28-8-11-39(12-9-28)46(27-36-10-13-41(44-25-36)37-20-29(2)33(6)30(3)21-37)40-15-18-45(19-16-40)26-35-14-17-43-42(24-35)38-22-31(4)34(7)32(5)23-38/h8-14,17,20-25,40H,15-16,18-19,26-27H2,1-7H3. The minimum absolute atomic E-state index is 0.479. The third-order valence-corrected chi connectivity index (χ3v) is 10.2. The van der Waals surface area contributed by atoms with Gasteiger partial charge >= 0.3 is 0 Å². The van der Waals surface area contributed by atoms with Gasteiger partial charge in [-0.15, -0.1) is 0 Å². The average Bonchev–Trinajstić information content (AvgIpc) is 3.06. The lowest BCUT2D eigenvalue weighted by Gasteiger charge is -2.40. The molecule has 3 heterocycles. The molecular weight excluding hydrogens is 560 g/mol. The van der Waals surface area contributed by atoms with Gasteiger partial charge in [0.25, 0.3) is 0 Å². The molecule has 1 saturated heterocycles. The Labute approximate surface area is 276 Å². The molecule has 4 heteroatoms. The highest BCUT2D eigenvalue weighted by Gasteiger charge is 2.25. The first kappa shape index (κ1) is 31.7. The van der Waals surface area contributed by atoms with Gasteiger partial charge in [-0.1, -0.05) is 23.8 Å². The van der Waals surface area contributed by atoms with Gasteiger partial charge in [0.2, 0.25) is 0 Å². The summed E-state index contributed by atoms with van der Waals surface area (Å²) >= 11 is 0. The van der Waals surface area contributed by atoms with Crippen LogP contribution in [0.1, 0.15) is 62.9 Å². The Morgan fingerprint density at radius 3 is 1.78 bits per heavy atom. The number of aromatic nitrogens is 2. The van der Waals surface area contributed by atoms with Crippen LogP contribution < -0.4 is 4.90 Å². The zero-order valence-electron chi connectivity index (χ0n) is 28.7. The van der Waals surface area contributed by atoms with Crippen LogP contribution in [0.15, 0.2) is 85.2 Å². The lowest BCUT2D eigenvalue weighted by atomic mass is 9.98. The Morgan fingerprint density at radius 2 is 1.22 bits per heavy atom. The predicted molar refractivity (Wildman–Crippen MR) is 193 cm³/mol. The molecule has 1 aliphatic rings. The molecule has 3 aromatic carbocycles. The predicted octanol–water partition coefficient (Wildman–Crippen LogP) is 9.64. The molecule has 0 bridgehead atoms. The minimum Gasteiger partial charge on any atom is -0.364 e. The maximum Gasteiger partial charge on any atom is 0.0705 e. The first-order chi connectivity index (χ1) is 22.1. The van der Waals surface area contributed by atoms with Crippen molar-refractivity contribution in [2.24, 2.45) is 0 Å². The van der Waals surface area contributed by atoms with E-state index in [1.807, 2.05) is 6.20 Å². The van der Waals surface area contributed by atoms with E-state index in [2.05, 4.69) is 137 Å². The van der Waals surface area contributed by atoms with E-state index < -0.39 is 0 Å². The van der Waals surface area contributed by atoms with Crippen molar-refractivity contribution in [3.8, 4) is 22.5 Å². The van der Waals surface area contributed by atoms with Crippen LogP contribution in [0, 0.1) is 48.5 Å². The first-order valence-corrected chi connectivity index (χ1v) is 16.8. The maximum atomic E-state index is 4.93. The molecule has 0 spiro atoms. The fourth-order valence-electron chi connectivity index (χ4n) is 6.80. The van der Waals surface area contributed by atoms with Crippen molar-refractivity contribution in [2.45, 2.75) is 80.4 Å². The van der Waals surface area contributed by atoms with Crippen molar-refractivity contribution in [1.29, 1.82) is 0 Å². The number of benzene rings is 3. The number of nitrogens with zero attached hydrogens (tertiary/aromatic N) is 4. The van der Waals surface area contributed by atoms with Crippen molar-refractivity contribution in [2.75, 3.05) is 18.0 Å². The molecule has 0 aliphatic carbocycles. The van der Waals surface area contributed by atoms with E-state index in [-0.39, 0.29) is 0 Å². The Hall–Kier alpha value is -4.28. The summed E-state index contributed by atoms with van der Waals surface area (Å²) in [4.78, 5) is 14.9. The number of anilines is 1. The Kier molecular flexibility index (Phi) is 9.37. The van der Waals surface area contributed by atoms with E-state index in [0.717, 1.165) is 50.4 Å². The Balaban J connectivity index is 1.15. The SMILES string of the molecule is Cc1ccc(N(Cc2ccc(-c3cc(C)c(C)c(C)c3)nc2)C2CCN(Cc3ccnc(-c4cc(C)c(C)c(C)c4)c3)CC2)cc1. The molecule has 2 aromatic heterocycles. The quantitative estimate of drug-likeness (QED) is 0.176. The van der Waals surface area contributed by atoms with Crippen LogP contribution >= 0.6 is 0 Å². The molecule has 236 valence electrons. The molecule has 1 aliphatic heterocycles. The van der Waals surface area contributed by atoms with E-state index in [1.54, 1.807) is 0 Å². The van der Waals surface area contributed by atoms with Crippen LogP contribution in [0.2, 0.25) is 0 Å². The fraction of sp³-hybridized carbons (Fsp3) is 0.333. The maximum absolute atomic E-state index is 4.93. The largest absolute Gasteiger partial charge is 0.364 e. The number of rotatable bonds is 8. The fourth-order valence-corrected chi connectivity index (χ4v) is 6.80. The van der Waals surface area contributed by atoms with E-state index in [1.165, 1.54) is 66.9 Å². The number of hydrogen-bond donors (Lipinski definition) is 0. The third kappa shape index (κ3) is 7.08. The second kappa shape index (κ2) is 13.6. The summed E-state index contributed by atoms with van der Waals surface area (Å²) in [5.74, 6) is 0. The van der Waals surface area contributed by atoms with Crippen LogP contribution in [0.25, 0.3) is 22.5 Å². The molecule has 0 N–H and O–H groups in total. The minimum atomic E-state index is 0.479. The highest BCUT2D eigenvalue weighted by molar-refractivity contribution is 5.64. The third-order valence-electron chi connectivity index (χ3n) is 10.2. The van der Waals surface area contributed by atoms with Crippen molar-refractivity contribution in [3.05, 3.63) is 135 Å². The van der Waals surface area contributed by atoms with Crippen LogP contribution in [-0.2, 0) is 13.1 Å². The number of aryl methyl sites for hydroxylation is 5. The lowest BCUT2D eigenvalue weighted by Crippen LogP contribution is -2.44. The molecule has 4 nitrogen and oxygen atoms in total. The molecule has 0 radical (unpaired) electrons. The summed E-state index contributed by atoms with van der Waals surface area (Å²) in [5, 5.41) is 0. The Bertz CT molecular complexity index is 1770. The van der Waals surface area contributed by atoms with Gasteiger partial charge in [0.05, 0.1) is 11.4 Å². The molecule has 0 saturated carbocycles. The van der Waals surface area contributed by atoms with Gasteiger partial charge in [-0.25, -0.2) is 0 Å². The number of piperidine rings is 1. The highest BCUT2D eigenvalue weighted by atomic mass is 15.2. The lowest BCUT2D eigenvalue weighted by molar-refractivity contribution is 0.201. The van der Waals surface area contributed by atoms with Crippen LogP contribution in [0.5, 0.6) is 0 Å². The van der Waals surface area contributed by atoms with Crippen LogP contribution in [0.4, 0.5) is 5.69 Å². The number of pyridine rings is 2. The molecule has 0 amide bonds. The van der Waals surface area contributed by atoms with Gasteiger partial charge in [-0.05, 0) is 160 Å². The van der Waals surface area contributed by atoms with Crippen molar-refractivity contribution < 1.29 is 0 Å². The summed E-state index contributed by atoms with van der Waals surface area (Å²) in [7, 11) is 0. The van der Waals surface area contributed by atoms with E-state index in [0.29, 0.717) is 6.04 Å². The second-order valence-corrected chi connectivity index (χ2v) is 13.5. The van der Waals surface area contributed by atoms with Gasteiger partial charge in [0.15, 0.2) is 0 Å². The zero-order valence-corrected chi connectivity index (χ0v) is 28.7. The van der Waals surface area contributed by atoms with E-state index in [9.17, 15) is 0 Å². The molecule has 0 unspecified atom stereocenters. The van der Waals surface area contributed by atoms with Crippen molar-refractivity contribution in [3.63, 3.8) is 0 Å².